The average molecular weight is 239 g/mol. The van der Waals surface area contributed by atoms with Gasteiger partial charge in [-0.3, -0.25) is 9.78 Å². The van der Waals surface area contributed by atoms with E-state index in [4.69, 9.17) is 9.47 Å². The number of amides is 1. The first kappa shape index (κ1) is 13.5. The molecular weight excluding hydrogens is 222 g/mol. The molecule has 0 spiro atoms. The van der Waals surface area contributed by atoms with Gasteiger partial charge in [0, 0.05) is 39.7 Å². The lowest BCUT2D eigenvalue weighted by molar-refractivity contribution is 0.0621. The minimum absolute atomic E-state index is 0.160. The maximum absolute atomic E-state index is 12.1. The lowest BCUT2D eigenvalue weighted by atomic mass is 10.3. The first-order valence-corrected chi connectivity index (χ1v) is 5.32. The maximum atomic E-state index is 12.1. The minimum atomic E-state index is -0.160. The predicted octanol–water partition coefficient (Wildman–Crippen LogP) is 0.212. The molecule has 94 valence electrons. The van der Waals surface area contributed by atoms with Crippen molar-refractivity contribution in [3.8, 4) is 0 Å². The van der Waals surface area contributed by atoms with Crippen molar-refractivity contribution in [2.24, 2.45) is 0 Å². The summed E-state index contributed by atoms with van der Waals surface area (Å²) in [5, 5.41) is 0. The van der Waals surface area contributed by atoms with Crippen molar-refractivity contribution in [1.82, 2.24) is 14.9 Å². The molecule has 0 N–H and O–H groups in total. The molecule has 1 amide bonds. The monoisotopic (exact) mass is 239 g/mol. The van der Waals surface area contributed by atoms with Crippen molar-refractivity contribution in [3.05, 3.63) is 24.3 Å². The number of nitrogens with zero attached hydrogens (tertiary/aromatic N) is 3. The minimum Gasteiger partial charge on any atom is -0.383 e. The molecule has 1 heterocycles. The third kappa shape index (κ3) is 4.46. The fourth-order valence-electron chi connectivity index (χ4n) is 1.29. The standard InChI is InChI=1S/C11H17N3O3/c1-16-7-5-14(6-8-17-2)11(15)10-9-12-3-4-13-10/h3-4,9H,5-8H2,1-2H3. The third-order valence-electron chi connectivity index (χ3n) is 2.20. The Morgan fingerprint density at radius 1 is 1.24 bits per heavy atom. The number of carbonyl (C=O) groups is 1. The quantitative estimate of drug-likeness (QED) is 0.680. The van der Waals surface area contributed by atoms with Gasteiger partial charge in [-0.2, -0.15) is 0 Å². The van der Waals surface area contributed by atoms with Crippen LogP contribution in [0.2, 0.25) is 0 Å². The molecule has 0 saturated carbocycles. The molecule has 1 aromatic heterocycles. The highest BCUT2D eigenvalue weighted by Crippen LogP contribution is 2.00. The zero-order chi connectivity index (χ0) is 12.5. The average Bonchev–Trinajstić information content (AvgIpc) is 2.39. The Kier molecular flexibility index (Phi) is 6.13. The Labute approximate surface area is 101 Å². The molecule has 0 aliphatic rings. The van der Waals surface area contributed by atoms with Crippen LogP contribution in [0, 0.1) is 0 Å². The number of hydrogen-bond acceptors (Lipinski definition) is 5. The molecule has 0 bridgehead atoms. The van der Waals surface area contributed by atoms with E-state index in [0.29, 0.717) is 32.0 Å². The molecule has 0 unspecified atom stereocenters. The van der Waals surface area contributed by atoms with Crippen LogP contribution in [0.5, 0.6) is 0 Å². The summed E-state index contributed by atoms with van der Waals surface area (Å²) in [5.74, 6) is -0.160. The van der Waals surface area contributed by atoms with Crippen molar-refractivity contribution in [2.75, 3.05) is 40.5 Å². The third-order valence-corrected chi connectivity index (χ3v) is 2.20. The second-order valence-corrected chi connectivity index (χ2v) is 3.37. The predicted molar refractivity (Wildman–Crippen MR) is 61.7 cm³/mol. The van der Waals surface area contributed by atoms with Gasteiger partial charge in [-0.25, -0.2) is 4.98 Å². The van der Waals surface area contributed by atoms with E-state index in [2.05, 4.69) is 9.97 Å². The molecule has 0 aromatic carbocycles. The molecule has 6 nitrogen and oxygen atoms in total. The van der Waals surface area contributed by atoms with Gasteiger partial charge in [-0.05, 0) is 0 Å². The normalized spacial score (nSPS) is 10.2. The summed E-state index contributed by atoms with van der Waals surface area (Å²) >= 11 is 0. The highest BCUT2D eigenvalue weighted by molar-refractivity contribution is 5.91. The van der Waals surface area contributed by atoms with Crippen molar-refractivity contribution >= 4 is 5.91 Å². The topological polar surface area (TPSA) is 64.6 Å². The van der Waals surface area contributed by atoms with Gasteiger partial charge in [0.1, 0.15) is 5.69 Å². The second-order valence-electron chi connectivity index (χ2n) is 3.37. The van der Waals surface area contributed by atoms with Gasteiger partial charge in [0.2, 0.25) is 0 Å². The van der Waals surface area contributed by atoms with Crippen LogP contribution in [0.1, 0.15) is 10.5 Å². The van der Waals surface area contributed by atoms with Crippen LogP contribution in [0.15, 0.2) is 18.6 Å². The Bertz CT molecular complexity index is 324. The van der Waals surface area contributed by atoms with E-state index in [-0.39, 0.29) is 5.91 Å². The van der Waals surface area contributed by atoms with Crippen molar-refractivity contribution in [2.45, 2.75) is 0 Å². The molecule has 0 fully saturated rings. The molecule has 1 rings (SSSR count). The molecule has 0 aliphatic heterocycles. The van der Waals surface area contributed by atoms with Crippen molar-refractivity contribution < 1.29 is 14.3 Å². The summed E-state index contributed by atoms with van der Waals surface area (Å²) < 4.78 is 9.94. The van der Waals surface area contributed by atoms with Crippen molar-refractivity contribution in [3.63, 3.8) is 0 Å². The van der Waals surface area contributed by atoms with Crippen LogP contribution in [0.4, 0.5) is 0 Å². The van der Waals surface area contributed by atoms with E-state index in [1.807, 2.05) is 0 Å². The van der Waals surface area contributed by atoms with E-state index in [0.717, 1.165) is 0 Å². The van der Waals surface area contributed by atoms with Gasteiger partial charge >= 0.3 is 0 Å². The van der Waals surface area contributed by atoms with E-state index in [9.17, 15) is 4.79 Å². The number of methoxy groups -OCH3 is 2. The number of aromatic nitrogens is 2. The van der Waals surface area contributed by atoms with Crippen LogP contribution in [-0.2, 0) is 9.47 Å². The van der Waals surface area contributed by atoms with Crippen LogP contribution < -0.4 is 0 Å². The maximum Gasteiger partial charge on any atom is 0.274 e. The molecule has 0 saturated heterocycles. The molecule has 1 aromatic rings. The summed E-state index contributed by atoms with van der Waals surface area (Å²) in [6, 6.07) is 0. The molecule has 0 radical (unpaired) electrons. The first-order chi connectivity index (χ1) is 8.29. The summed E-state index contributed by atoms with van der Waals surface area (Å²) in [5.41, 5.74) is 0.333. The van der Waals surface area contributed by atoms with E-state index >= 15 is 0 Å². The highest BCUT2D eigenvalue weighted by atomic mass is 16.5. The van der Waals surface area contributed by atoms with E-state index < -0.39 is 0 Å². The molecule has 0 aliphatic carbocycles. The lowest BCUT2D eigenvalue weighted by Crippen LogP contribution is -2.37. The summed E-state index contributed by atoms with van der Waals surface area (Å²) in [7, 11) is 3.20. The Morgan fingerprint density at radius 2 is 1.88 bits per heavy atom. The van der Waals surface area contributed by atoms with Crippen LogP contribution >= 0.6 is 0 Å². The fraction of sp³-hybridized carbons (Fsp3) is 0.545. The first-order valence-electron chi connectivity index (χ1n) is 5.32. The SMILES string of the molecule is COCCN(CCOC)C(=O)c1cnccn1. The van der Waals surface area contributed by atoms with Gasteiger partial charge in [0.05, 0.1) is 19.4 Å². The van der Waals surface area contributed by atoms with Gasteiger partial charge < -0.3 is 14.4 Å². The Balaban J connectivity index is 2.64. The number of rotatable bonds is 7. The molecule has 17 heavy (non-hydrogen) atoms. The highest BCUT2D eigenvalue weighted by Gasteiger charge is 2.16. The summed E-state index contributed by atoms with van der Waals surface area (Å²) in [6.45, 7) is 1.98. The zero-order valence-electron chi connectivity index (χ0n) is 10.1. The van der Waals surface area contributed by atoms with Gasteiger partial charge in [0.25, 0.3) is 5.91 Å². The smallest absolute Gasteiger partial charge is 0.274 e. The van der Waals surface area contributed by atoms with Gasteiger partial charge in [0.15, 0.2) is 0 Å². The van der Waals surface area contributed by atoms with Crippen LogP contribution in [-0.4, -0.2) is 61.3 Å². The van der Waals surface area contributed by atoms with Crippen molar-refractivity contribution in [1.29, 1.82) is 0 Å². The summed E-state index contributed by atoms with van der Waals surface area (Å²) in [6.07, 6.45) is 4.48. The van der Waals surface area contributed by atoms with E-state index in [1.165, 1.54) is 18.6 Å². The fourth-order valence-corrected chi connectivity index (χ4v) is 1.29. The zero-order valence-corrected chi connectivity index (χ0v) is 10.1. The number of ether oxygens (including phenoxy) is 2. The Hall–Kier alpha value is -1.53. The largest absolute Gasteiger partial charge is 0.383 e. The molecule has 0 atom stereocenters. The second kappa shape index (κ2) is 7.70. The Morgan fingerprint density at radius 3 is 2.35 bits per heavy atom. The number of hydrogen-bond donors (Lipinski definition) is 0. The van der Waals surface area contributed by atoms with E-state index in [1.54, 1.807) is 19.1 Å². The van der Waals surface area contributed by atoms with Crippen LogP contribution in [0.25, 0.3) is 0 Å². The summed E-state index contributed by atoms with van der Waals surface area (Å²) in [4.78, 5) is 21.6. The lowest BCUT2D eigenvalue weighted by Gasteiger charge is -2.21. The van der Waals surface area contributed by atoms with Gasteiger partial charge in [-0.1, -0.05) is 0 Å². The van der Waals surface area contributed by atoms with Crippen LogP contribution in [0.3, 0.4) is 0 Å². The van der Waals surface area contributed by atoms with Gasteiger partial charge in [-0.15, -0.1) is 0 Å². The number of carbonyl (C=O) groups excluding carboxylic acids is 1. The molecule has 6 heteroatoms. The molecular formula is C11H17N3O3.